The summed E-state index contributed by atoms with van der Waals surface area (Å²) in [6.07, 6.45) is 0. The molecule has 2 nitrogen and oxygen atoms in total. The second-order valence-electron chi connectivity index (χ2n) is 5.74. The van der Waals surface area contributed by atoms with Crippen molar-refractivity contribution in [1.29, 1.82) is 0 Å². The van der Waals surface area contributed by atoms with E-state index in [-0.39, 0.29) is 6.61 Å². The van der Waals surface area contributed by atoms with Gasteiger partial charge in [0.15, 0.2) is 0 Å². The molecule has 2 heteroatoms. The van der Waals surface area contributed by atoms with Crippen molar-refractivity contribution in [1.82, 2.24) is 4.90 Å². The Morgan fingerprint density at radius 3 is 2.25 bits per heavy atom. The van der Waals surface area contributed by atoms with Crippen LogP contribution in [0.2, 0.25) is 0 Å². The number of nitrogens with zero attached hydrogens (tertiary/aromatic N) is 1. The lowest BCUT2D eigenvalue weighted by atomic mass is 9.84. The Balaban J connectivity index is 1.71. The second-order valence-corrected chi connectivity index (χ2v) is 5.74. The van der Waals surface area contributed by atoms with Crippen LogP contribution in [0.1, 0.15) is 29.7 Å². The summed E-state index contributed by atoms with van der Waals surface area (Å²) in [5, 5.41) is 9.08. The fourth-order valence-corrected chi connectivity index (χ4v) is 3.14. The monoisotopic (exact) mass is 267 g/mol. The molecule has 104 valence electrons. The molecule has 0 radical (unpaired) electrons. The van der Waals surface area contributed by atoms with Gasteiger partial charge in [-0.3, -0.25) is 4.90 Å². The van der Waals surface area contributed by atoms with Crippen LogP contribution >= 0.6 is 0 Å². The maximum absolute atomic E-state index is 9.08. The highest BCUT2D eigenvalue weighted by Crippen LogP contribution is 2.39. The third-order valence-corrected chi connectivity index (χ3v) is 4.19. The molecule has 0 bridgehead atoms. The van der Waals surface area contributed by atoms with E-state index in [0.717, 1.165) is 18.7 Å². The lowest BCUT2D eigenvalue weighted by molar-refractivity contribution is 0.0163. The molecule has 1 aliphatic rings. The summed E-state index contributed by atoms with van der Waals surface area (Å²) >= 11 is 0. The lowest BCUT2D eigenvalue weighted by Crippen LogP contribution is -2.47. The van der Waals surface area contributed by atoms with Crippen LogP contribution in [-0.2, 0) is 13.2 Å². The molecule has 1 heterocycles. The Morgan fingerprint density at radius 2 is 1.65 bits per heavy atom. The van der Waals surface area contributed by atoms with Crippen molar-refractivity contribution < 1.29 is 5.11 Å². The standard InChI is InChI=1S/C18H21NO/c1-14-11-19(18(14)17-5-3-2-4-6-17)12-15-7-9-16(13-20)10-8-15/h2-10,14,18,20H,11-13H2,1H3. The van der Waals surface area contributed by atoms with E-state index in [9.17, 15) is 0 Å². The van der Waals surface area contributed by atoms with Crippen LogP contribution in [0.3, 0.4) is 0 Å². The third-order valence-electron chi connectivity index (χ3n) is 4.19. The van der Waals surface area contributed by atoms with E-state index in [0.29, 0.717) is 12.0 Å². The highest BCUT2D eigenvalue weighted by atomic mass is 16.3. The Morgan fingerprint density at radius 1 is 1.00 bits per heavy atom. The first-order valence-electron chi connectivity index (χ1n) is 7.25. The maximum Gasteiger partial charge on any atom is 0.0681 e. The summed E-state index contributed by atoms with van der Waals surface area (Å²) in [5.74, 6) is 0.717. The molecule has 0 saturated carbocycles. The van der Waals surface area contributed by atoms with Crippen LogP contribution in [0.5, 0.6) is 0 Å². The highest BCUT2D eigenvalue weighted by Gasteiger charge is 2.36. The average Bonchev–Trinajstić information content (AvgIpc) is 2.48. The number of aliphatic hydroxyl groups excluding tert-OH is 1. The number of likely N-dealkylation sites (tertiary alicyclic amines) is 1. The van der Waals surface area contributed by atoms with Gasteiger partial charge in [-0.2, -0.15) is 0 Å². The van der Waals surface area contributed by atoms with Crippen LogP contribution < -0.4 is 0 Å². The molecule has 3 rings (SSSR count). The van der Waals surface area contributed by atoms with E-state index < -0.39 is 0 Å². The molecule has 0 aliphatic carbocycles. The number of aliphatic hydroxyl groups is 1. The van der Waals surface area contributed by atoms with E-state index >= 15 is 0 Å². The minimum absolute atomic E-state index is 0.119. The summed E-state index contributed by atoms with van der Waals surface area (Å²) in [6.45, 7) is 4.58. The number of hydrogen-bond acceptors (Lipinski definition) is 2. The van der Waals surface area contributed by atoms with Crippen molar-refractivity contribution in [2.24, 2.45) is 5.92 Å². The molecule has 2 aromatic rings. The van der Waals surface area contributed by atoms with Gasteiger partial charge in [0.05, 0.1) is 6.61 Å². The van der Waals surface area contributed by atoms with E-state index in [1.807, 2.05) is 12.1 Å². The molecule has 0 amide bonds. The summed E-state index contributed by atoms with van der Waals surface area (Å²) in [7, 11) is 0. The minimum atomic E-state index is 0.119. The zero-order valence-electron chi connectivity index (χ0n) is 11.9. The first-order valence-corrected chi connectivity index (χ1v) is 7.25. The van der Waals surface area contributed by atoms with Gasteiger partial charge in [0.1, 0.15) is 0 Å². The maximum atomic E-state index is 9.08. The van der Waals surface area contributed by atoms with Crippen LogP contribution in [0.15, 0.2) is 54.6 Å². The van der Waals surface area contributed by atoms with Gasteiger partial charge in [0.2, 0.25) is 0 Å². The first kappa shape index (κ1) is 13.3. The van der Waals surface area contributed by atoms with Crippen LogP contribution in [0.25, 0.3) is 0 Å². The van der Waals surface area contributed by atoms with Gasteiger partial charge < -0.3 is 5.11 Å². The van der Waals surface area contributed by atoms with E-state index in [1.54, 1.807) is 0 Å². The number of rotatable bonds is 4. The van der Waals surface area contributed by atoms with Crippen LogP contribution in [0.4, 0.5) is 0 Å². The number of benzene rings is 2. The molecule has 0 aromatic heterocycles. The quantitative estimate of drug-likeness (QED) is 0.918. The van der Waals surface area contributed by atoms with Gasteiger partial charge in [-0.05, 0) is 22.6 Å². The lowest BCUT2D eigenvalue weighted by Gasteiger charge is -2.47. The van der Waals surface area contributed by atoms with Crippen molar-refractivity contribution in [3.8, 4) is 0 Å². The SMILES string of the molecule is CC1CN(Cc2ccc(CO)cc2)C1c1ccccc1. The average molecular weight is 267 g/mol. The Hall–Kier alpha value is -1.64. The smallest absolute Gasteiger partial charge is 0.0681 e. The predicted octanol–water partition coefficient (Wildman–Crippen LogP) is 3.37. The fraction of sp³-hybridized carbons (Fsp3) is 0.333. The van der Waals surface area contributed by atoms with Crippen molar-refractivity contribution in [3.63, 3.8) is 0 Å². The minimum Gasteiger partial charge on any atom is -0.392 e. The molecule has 2 unspecified atom stereocenters. The summed E-state index contributed by atoms with van der Waals surface area (Å²) in [5.41, 5.74) is 3.71. The van der Waals surface area contributed by atoms with Crippen LogP contribution in [-0.4, -0.2) is 16.6 Å². The van der Waals surface area contributed by atoms with Crippen molar-refractivity contribution in [2.75, 3.05) is 6.54 Å². The van der Waals surface area contributed by atoms with Gasteiger partial charge in [-0.25, -0.2) is 0 Å². The molecule has 2 atom stereocenters. The van der Waals surface area contributed by atoms with Gasteiger partial charge in [-0.15, -0.1) is 0 Å². The predicted molar refractivity (Wildman–Crippen MR) is 81.1 cm³/mol. The van der Waals surface area contributed by atoms with Gasteiger partial charge in [-0.1, -0.05) is 61.5 Å². The molecule has 1 saturated heterocycles. The van der Waals surface area contributed by atoms with E-state index in [1.165, 1.54) is 11.1 Å². The summed E-state index contributed by atoms with van der Waals surface area (Å²) in [4.78, 5) is 2.52. The van der Waals surface area contributed by atoms with Gasteiger partial charge >= 0.3 is 0 Å². The van der Waals surface area contributed by atoms with E-state index in [4.69, 9.17) is 5.11 Å². The summed E-state index contributed by atoms with van der Waals surface area (Å²) in [6, 6.07) is 19.6. The Labute approximate surface area is 120 Å². The zero-order valence-corrected chi connectivity index (χ0v) is 11.9. The Bertz CT molecular complexity index is 549. The molecule has 1 fully saturated rings. The number of hydrogen-bond donors (Lipinski definition) is 1. The third kappa shape index (κ3) is 2.62. The topological polar surface area (TPSA) is 23.5 Å². The van der Waals surface area contributed by atoms with Crippen molar-refractivity contribution >= 4 is 0 Å². The first-order chi connectivity index (χ1) is 9.78. The zero-order chi connectivity index (χ0) is 13.9. The highest BCUT2D eigenvalue weighted by molar-refractivity contribution is 5.25. The van der Waals surface area contributed by atoms with Crippen molar-refractivity contribution in [2.45, 2.75) is 26.1 Å². The summed E-state index contributed by atoms with van der Waals surface area (Å²) < 4.78 is 0. The fourth-order valence-electron chi connectivity index (χ4n) is 3.14. The second kappa shape index (κ2) is 5.78. The van der Waals surface area contributed by atoms with Crippen molar-refractivity contribution in [3.05, 3.63) is 71.3 Å². The van der Waals surface area contributed by atoms with E-state index in [2.05, 4.69) is 54.3 Å². The van der Waals surface area contributed by atoms with Crippen LogP contribution in [0, 0.1) is 5.92 Å². The molecule has 1 aliphatic heterocycles. The normalized spacial score (nSPS) is 22.5. The largest absolute Gasteiger partial charge is 0.392 e. The molecule has 0 spiro atoms. The Kier molecular flexibility index (Phi) is 3.86. The molecular formula is C18H21NO. The molecule has 20 heavy (non-hydrogen) atoms. The van der Waals surface area contributed by atoms with Gasteiger partial charge in [0.25, 0.3) is 0 Å². The molecule has 2 aromatic carbocycles. The molecular weight excluding hydrogens is 246 g/mol. The molecule has 1 N–H and O–H groups in total. The van der Waals surface area contributed by atoms with Gasteiger partial charge in [0, 0.05) is 19.1 Å².